The molecular formula is C24H27N3O2. The first-order chi connectivity index (χ1) is 14.2. The fourth-order valence-electron chi connectivity index (χ4n) is 3.22. The number of carbonyl (C=O) groups excluding carboxylic acids is 1. The van der Waals surface area contributed by atoms with Crippen molar-refractivity contribution in [2.75, 3.05) is 25.5 Å². The van der Waals surface area contributed by atoms with Crippen molar-refractivity contribution in [2.24, 2.45) is 0 Å². The zero-order valence-electron chi connectivity index (χ0n) is 16.8. The minimum atomic E-state index is -0.158. The second-order valence-corrected chi connectivity index (χ2v) is 6.97. The molecule has 0 aliphatic carbocycles. The quantitative estimate of drug-likeness (QED) is 0.825. The van der Waals surface area contributed by atoms with Gasteiger partial charge in [-0.25, -0.2) is 0 Å². The van der Waals surface area contributed by atoms with E-state index in [9.17, 15) is 4.79 Å². The number of benzene rings is 1. The maximum absolute atomic E-state index is 12.9. The molecule has 2 aromatic rings. The normalized spacial score (nSPS) is 16.6. The number of aromatic nitrogens is 1. The highest BCUT2D eigenvalue weighted by molar-refractivity contribution is 6.07. The van der Waals surface area contributed by atoms with Gasteiger partial charge in [-0.05, 0) is 54.3 Å². The Morgan fingerprint density at radius 2 is 2.07 bits per heavy atom. The molecule has 1 aromatic carbocycles. The predicted molar refractivity (Wildman–Crippen MR) is 117 cm³/mol. The number of nitrogens with one attached hydrogen (secondary N) is 1. The highest BCUT2D eigenvalue weighted by Crippen LogP contribution is 2.21. The summed E-state index contributed by atoms with van der Waals surface area (Å²) in [6.45, 7) is 6.85. The third kappa shape index (κ3) is 6.16. The fourth-order valence-corrected chi connectivity index (χ4v) is 3.22. The van der Waals surface area contributed by atoms with E-state index in [4.69, 9.17) is 4.74 Å². The molecule has 0 bridgehead atoms. The lowest BCUT2D eigenvalue weighted by Gasteiger charge is -2.23. The Hall–Kier alpha value is -3.18. The van der Waals surface area contributed by atoms with E-state index >= 15 is 0 Å². The van der Waals surface area contributed by atoms with Crippen molar-refractivity contribution in [3.05, 3.63) is 90.3 Å². The van der Waals surface area contributed by atoms with Gasteiger partial charge < -0.3 is 10.1 Å². The number of carbonyl (C=O) groups is 1. The van der Waals surface area contributed by atoms with Gasteiger partial charge >= 0.3 is 0 Å². The number of nitrogens with zero attached hydrogens (tertiary/aromatic N) is 2. The van der Waals surface area contributed by atoms with Crippen molar-refractivity contribution in [1.29, 1.82) is 0 Å². The van der Waals surface area contributed by atoms with E-state index in [1.807, 2.05) is 54.9 Å². The first kappa shape index (κ1) is 20.6. The van der Waals surface area contributed by atoms with Crippen LogP contribution in [-0.4, -0.2) is 36.0 Å². The van der Waals surface area contributed by atoms with Crippen LogP contribution in [0.25, 0.3) is 0 Å². The summed E-state index contributed by atoms with van der Waals surface area (Å²) in [6, 6.07) is 11.4. The van der Waals surface area contributed by atoms with Gasteiger partial charge in [-0.3, -0.25) is 14.7 Å². The standard InChI is InChI=1S/C24H27N3O2/c1-19-12-16-27(18-20-10-13-25-14-11-20)15-5-3-4-9-23(19)24(28)26-21-7-6-8-22(17-21)29-2/h3-4,6-11,13-14,17H,1,5,12,15-16,18H2,2H3,(H,26,28)/b4-3-,23-9?. The predicted octanol–water partition coefficient (Wildman–Crippen LogP) is 4.36. The van der Waals surface area contributed by atoms with Gasteiger partial charge in [-0.1, -0.05) is 24.8 Å². The number of hydrogen-bond donors (Lipinski definition) is 1. The molecule has 1 aromatic heterocycles. The van der Waals surface area contributed by atoms with E-state index in [1.165, 1.54) is 5.56 Å². The van der Waals surface area contributed by atoms with Crippen molar-refractivity contribution < 1.29 is 9.53 Å². The van der Waals surface area contributed by atoms with Gasteiger partial charge in [0.1, 0.15) is 5.75 Å². The summed E-state index contributed by atoms with van der Waals surface area (Å²) in [5.41, 5.74) is 3.37. The Bertz CT molecular complexity index is 903. The molecule has 1 amide bonds. The Morgan fingerprint density at radius 3 is 2.86 bits per heavy atom. The Morgan fingerprint density at radius 1 is 1.24 bits per heavy atom. The molecular weight excluding hydrogens is 362 g/mol. The Balaban J connectivity index is 1.68. The Kier molecular flexibility index (Phi) is 7.36. The van der Waals surface area contributed by atoms with Crippen LogP contribution in [0.2, 0.25) is 0 Å². The van der Waals surface area contributed by atoms with Crippen LogP contribution in [0.1, 0.15) is 18.4 Å². The monoisotopic (exact) mass is 389 g/mol. The zero-order chi connectivity index (χ0) is 20.5. The number of pyridine rings is 1. The number of anilines is 1. The summed E-state index contributed by atoms with van der Waals surface area (Å²) in [6.07, 6.45) is 11.2. The first-order valence-corrected chi connectivity index (χ1v) is 9.77. The van der Waals surface area contributed by atoms with E-state index in [0.717, 1.165) is 38.0 Å². The lowest BCUT2D eigenvalue weighted by atomic mass is 10.0. The molecule has 0 fully saturated rings. The van der Waals surface area contributed by atoms with Crippen molar-refractivity contribution in [2.45, 2.75) is 19.4 Å². The second kappa shape index (κ2) is 10.4. The summed E-state index contributed by atoms with van der Waals surface area (Å²) in [5, 5.41) is 2.95. The van der Waals surface area contributed by atoms with Crippen molar-refractivity contribution in [3.63, 3.8) is 0 Å². The molecule has 1 aliphatic heterocycles. The Labute approximate surface area is 172 Å². The van der Waals surface area contributed by atoms with Gasteiger partial charge in [-0.15, -0.1) is 0 Å². The van der Waals surface area contributed by atoms with E-state index in [0.29, 0.717) is 17.0 Å². The van der Waals surface area contributed by atoms with Gasteiger partial charge in [0.05, 0.1) is 7.11 Å². The lowest BCUT2D eigenvalue weighted by Crippen LogP contribution is -2.27. The summed E-state index contributed by atoms with van der Waals surface area (Å²) in [4.78, 5) is 19.3. The van der Waals surface area contributed by atoms with Gasteiger partial charge in [0.25, 0.3) is 5.91 Å². The largest absolute Gasteiger partial charge is 0.497 e. The molecule has 2 heterocycles. The summed E-state index contributed by atoms with van der Waals surface area (Å²) in [5.74, 6) is 0.544. The molecule has 1 aliphatic rings. The molecule has 29 heavy (non-hydrogen) atoms. The van der Waals surface area contributed by atoms with Crippen molar-refractivity contribution in [3.8, 4) is 5.75 Å². The topological polar surface area (TPSA) is 54.5 Å². The highest BCUT2D eigenvalue weighted by Gasteiger charge is 2.15. The van der Waals surface area contributed by atoms with Crippen LogP contribution >= 0.6 is 0 Å². The van der Waals surface area contributed by atoms with E-state index in [2.05, 4.69) is 27.9 Å². The molecule has 5 heteroatoms. The third-order valence-corrected chi connectivity index (χ3v) is 4.85. The molecule has 3 rings (SSSR count). The maximum atomic E-state index is 12.9. The maximum Gasteiger partial charge on any atom is 0.255 e. The first-order valence-electron chi connectivity index (χ1n) is 9.77. The molecule has 1 N–H and O–H groups in total. The van der Waals surface area contributed by atoms with Crippen LogP contribution in [0.3, 0.4) is 0 Å². The highest BCUT2D eigenvalue weighted by atomic mass is 16.5. The molecule has 0 unspecified atom stereocenters. The fraction of sp³-hybridized carbons (Fsp3) is 0.250. The number of methoxy groups -OCH3 is 1. The number of rotatable bonds is 5. The van der Waals surface area contributed by atoms with E-state index < -0.39 is 0 Å². The van der Waals surface area contributed by atoms with E-state index in [-0.39, 0.29) is 5.91 Å². The molecule has 5 nitrogen and oxygen atoms in total. The number of ether oxygens (including phenoxy) is 1. The summed E-state index contributed by atoms with van der Waals surface area (Å²) in [7, 11) is 1.61. The number of allylic oxidation sites excluding steroid dienone is 2. The zero-order valence-corrected chi connectivity index (χ0v) is 16.8. The molecule has 0 spiro atoms. The van der Waals surface area contributed by atoms with Crippen LogP contribution in [0.5, 0.6) is 5.75 Å². The van der Waals surface area contributed by atoms with Crippen molar-refractivity contribution >= 4 is 11.6 Å². The average Bonchev–Trinajstić information content (AvgIpc) is 2.74. The average molecular weight is 389 g/mol. The number of amides is 1. The second-order valence-electron chi connectivity index (χ2n) is 6.97. The van der Waals surface area contributed by atoms with Gasteiger partial charge in [0.2, 0.25) is 0 Å². The van der Waals surface area contributed by atoms with Crippen LogP contribution in [0.15, 0.2) is 84.7 Å². The SMILES string of the molecule is C=C1CCN(Cc2ccncc2)CC/C=C\C=C1C(=O)Nc1cccc(OC)c1. The summed E-state index contributed by atoms with van der Waals surface area (Å²) < 4.78 is 5.23. The van der Waals surface area contributed by atoms with E-state index in [1.54, 1.807) is 13.2 Å². The minimum absolute atomic E-state index is 0.158. The smallest absolute Gasteiger partial charge is 0.255 e. The summed E-state index contributed by atoms with van der Waals surface area (Å²) >= 11 is 0. The molecule has 0 saturated heterocycles. The van der Waals surface area contributed by atoms with Crippen LogP contribution in [0.4, 0.5) is 5.69 Å². The lowest BCUT2D eigenvalue weighted by molar-refractivity contribution is -0.112. The van der Waals surface area contributed by atoms with Gasteiger partial charge in [0, 0.05) is 49.4 Å². The van der Waals surface area contributed by atoms with Crippen LogP contribution in [-0.2, 0) is 11.3 Å². The number of hydrogen-bond acceptors (Lipinski definition) is 4. The molecule has 150 valence electrons. The van der Waals surface area contributed by atoms with Gasteiger partial charge in [0.15, 0.2) is 0 Å². The third-order valence-electron chi connectivity index (χ3n) is 4.85. The van der Waals surface area contributed by atoms with Crippen molar-refractivity contribution in [1.82, 2.24) is 9.88 Å². The van der Waals surface area contributed by atoms with Gasteiger partial charge in [-0.2, -0.15) is 0 Å². The molecule has 0 saturated carbocycles. The van der Waals surface area contributed by atoms with Crippen LogP contribution < -0.4 is 10.1 Å². The molecule has 0 radical (unpaired) electrons. The van der Waals surface area contributed by atoms with Crippen LogP contribution in [0, 0.1) is 0 Å². The molecule has 0 atom stereocenters. The minimum Gasteiger partial charge on any atom is -0.497 e.